The van der Waals surface area contributed by atoms with Crippen LogP contribution < -0.4 is 0 Å². The topological polar surface area (TPSA) is 62.2 Å². The van der Waals surface area contributed by atoms with Gasteiger partial charge in [-0.15, -0.1) is 0 Å². The lowest BCUT2D eigenvalue weighted by Gasteiger charge is -2.45. The van der Waals surface area contributed by atoms with Gasteiger partial charge in [0, 0.05) is 44.3 Å². The fourth-order valence-electron chi connectivity index (χ4n) is 3.96. The molecular formula is C22H22ClN5O. The molecule has 3 aromatic heterocycles. The first-order valence-electron chi connectivity index (χ1n) is 9.48. The molecule has 1 saturated heterocycles. The number of halogens is 1. The molecule has 1 atom stereocenters. The average molecular weight is 408 g/mol. The molecule has 29 heavy (non-hydrogen) atoms. The number of likely N-dealkylation sites (N-methyl/N-ethyl adjacent to an activating group) is 1. The predicted octanol–water partition coefficient (Wildman–Crippen LogP) is 3.32. The van der Waals surface area contributed by atoms with Gasteiger partial charge in [0.05, 0.1) is 22.0 Å². The number of aryl methyl sites for hydroxylation is 1. The van der Waals surface area contributed by atoms with Gasteiger partial charge in [-0.05, 0) is 49.9 Å². The molecule has 0 radical (unpaired) electrons. The van der Waals surface area contributed by atoms with E-state index in [0.29, 0.717) is 23.6 Å². The number of rotatable bonds is 1. The second-order valence-electron chi connectivity index (χ2n) is 7.26. The van der Waals surface area contributed by atoms with E-state index in [9.17, 15) is 4.79 Å². The molecule has 0 bridgehead atoms. The van der Waals surface area contributed by atoms with E-state index in [1.807, 2.05) is 61.5 Å². The zero-order chi connectivity index (χ0) is 20.4. The number of amides is 1. The number of carbonyl (C=O) groups excluding carboxylic acids is 1. The summed E-state index contributed by atoms with van der Waals surface area (Å²) in [5, 5.41) is 0.591. The molecule has 1 amide bonds. The molecule has 0 aliphatic carbocycles. The van der Waals surface area contributed by atoms with Crippen molar-refractivity contribution in [2.45, 2.75) is 19.0 Å². The van der Waals surface area contributed by atoms with Crippen LogP contribution >= 0.6 is 11.6 Å². The van der Waals surface area contributed by atoms with Crippen LogP contribution in [-0.2, 0) is 12.1 Å². The van der Waals surface area contributed by atoms with Crippen molar-refractivity contribution in [1.29, 1.82) is 0 Å². The lowest BCUT2D eigenvalue weighted by Crippen LogP contribution is -2.56. The second kappa shape index (κ2) is 7.89. The lowest BCUT2D eigenvalue weighted by atomic mass is 9.89. The van der Waals surface area contributed by atoms with Crippen LogP contribution in [-0.4, -0.2) is 50.8 Å². The molecule has 7 heteroatoms. The Morgan fingerprint density at radius 3 is 2.52 bits per heavy atom. The van der Waals surface area contributed by atoms with Gasteiger partial charge < -0.3 is 4.90 Å². The number of pyridine rings is 3. The highest BCUT2D eigenvalue weighted by Gasteiger charge is 2.53. The first-order valence-corrected chi connectivity index (χ1v) is 9.86. The largest absolute Gasteiger partial charge is 0.313 e. The van der Waals surface area contributed by atoms with Crippen LogP contribution in [0.5, 0.6) is 0 Å². The summed E-state index contributed by atoms with van der Waals surface area (Å²) in [5.74, 6) is 0.0236. The van der Waals surface area contributed by atoms with Crippen molar-refractivity contribution in [1.82, 2.24) is 24.8 Å². The van der Waals surface area contributed by atoms with E-state index in [4.69, 9.17) is 11.6 Å². The van der Waals surface area contributed by atoms with E-state index in [-0.39, 0.29) is 5.91 Å². The van der Waals surface area contributed by atoms with E-state index < -0.39 is 5.66 Å². The van der Waals surface area contributed by atoms with Crippen LogP contribution in [0.15, 0.2) is 61.2 Å². The van der Waals surface area contributed by atoms with Gasteiger partial charge in [0.25, 0.3) is 5.91 Å². The van der Waals surface area contributed by atoms with E-state index in [0.717, 1.165) is 17.9 Å². The summed E-state index contributed by atoms with van der Waals surface area (Å²) < 4.78 is 0. The lowest BCUT2D eigenvalue weighted by molar-refractivity contribution is 0.0121. The van der Waals surface area contributed by atoms with Crippen molar-refractivity contribution < 1.29 is 4.79 Å². The highest BCUT2D eigenvalue weighted by atomic mass is 35.5. The Hall–Kier alpha value is -2.83. The molecule has 148 valence electrons. The Kier molecular flexibility index (Phi) is 5.30. The van der Waals surface area contributed by atoms with Gasteiger partial charge in [-0.25, -0.2) is 0 Å². The molecule has 0 spiro atoms. The van der Waals surface area contributed by atoms with Crippen LogP contribution in [0.4, 0.5) is 0 Å². The Labute approximate surface area is 175 Å². The van der Waals surface area contributed by atoms with Gasteiger partial charge in [0.1, 0.15) is 5.66 Å². The number of hydrogen-bond acceptors (Lipinski definition) is 5. The Morgan fingerprint density at radius 2 is 1.86 bits per heavy atom. The zero-order valence-corrected chi connectivity index (χ0v) is 17.2. The van der Waals surface area contributed by atoms with E-state index in [2.05, 4.69) is 19.9 Å². The molecule has 1 unspecified atom stereocenters. The van der Waals surface area contributed by atoms with Crippen molar-refractivity contribution in [3.8, 4) is 0 Å². The third-order valence-corrected chi connectivity index (χ3v) is 5.69. The van der Waals surface area contributed by atoms with E-state index in [1.54, 1.807) is 18.6 Å². The first kappa shape index (κ1) is 19.5. The predicted molar refractivity (Wildman–Crippen MR) is 112 cm³/mol. The molecule has 2 aliphatic rings. The molecule has 5 heterocycles. The monoisotopic (exact) mass is 407 g/mol. The molecule has 6 nitrogen and oxygen atoms in total. The summed E-state index contributed by atoms with van der Waals surface area (Å²) in [7, 11) is 2.03. The Balaban J connectivity index is 0.000000249. The molecule has 3 aromatic rings. The van der Waals surface area contributed by atoms with Crippen LogP contribution in [0, 0.1) is 6.92 Å². The molecule has 0 saturated carbocycles. The summed E-state index contributed by atoms with van der Waals surface area (Å²) in [6.45, 7) is 3.52. The van der Waals surface area contributed by atoms with Crippen molar-refractivity contribution >= 4 is 17.5 Å². The van der Waals surface area contributed by atoms with Crippen molar-refractivity contribution in [3.63, 3.8) is 0 Å². The van der Waals surface area contributed by atoms with Crippen LogP contribution in [0.25, 0.3) is 0 Å². The number of carbonyl (C=O) groups is 1. The molecule has 0 aromatic carbocycles. The van der Waals surface area contributed by atoms with Crippen LogP contribution in [0.3, 0.4) is 0 Å². The van der Waals surface area contributed by atoms with Crippen LogP contribution in [0.1, 0.15) is 27.3 Å². The average Bonchev–Trinajstić information content (AvgIpc) is 3.07. The molecule has 0 N–H and O–H groups in total. The van der Waals surface area contributed by atoms with Crippen LogP contribution in [0.2, 0.25) is 5.02 Å². The standard InChI is InChI=1S/C16H15ClN4O.C6H7N/c1-20-7-8-21-15(22)12-3-2-6-18-13(12)9-16(20,21)14-5-4-11(17)10-19-14;1-6-3-2-4-7-5-6/h2-6,10H,7-9H2,1H3;2-5H,1H3. The summed E-state index contributed by atoms with van der Waals surface area (Å²) in [6.07, 6.45) is 7.61. The zero-order valence-electron chi connectivity index (χ0n) is 16.4. The minimum Gasteiger partial charge on any atom is -0.313 e. The van der Waals surface area contributed by atoms with Gasteiger partial charge in [0.15, 0.2) is 0 Å². The highest BCUT2D eigenvalue weighted by Crippen LogP contribution is 2.42. The number of aromatic nitrogens is 3. The quantitative estimate of drug-likeness (QED) is 0.619. The maximum absolute atomic E-state index is 12.9. The fourth-order valence-corrected chi connectivity index (χ4v) is 4.08. The Morgan fingerprint density at radius 1 is 1.03 bits per heavy atom. The van der Waals surface area contributed by atoms with Crippen molar-refractivity contribution in [2.24, 2.45) is 0 Å². The summed E-state index contributed by atoms with van der Waals surface area (Å²) >= 11 is 5.97. The summed E-state index contributed by atoms with van der Waals surface area (Å²) in [6, 6.07) is 11.3. The minimum atomic E-state index is -0.566. The normalized spacial score (nSPS) is 20.5. The molecular weight excluding hydrogens is 386 g/mol. The van der Waals surface area contributed by atoms with Gasteiger partial charge in [-0.3, -0.25) is 24.6 Å². The maximum Gasteiger partial charge on any atom is 0.257 e. The Bertz CT molecular complexity index is 1010. The molecule has 5 rings (SSSR count). The number of nitrogens with zero attached hydrogens (tertiary/aromatic N) is 5. The van der Waals surface area contributed by atoms with Gasteiger partial charge >= 0.3 is 0 Å². The second-order valence-corrected chi connectivity index (χ2v) is 7.70. The number of fused-ring (bicyclic) bond motifs is 2. The van der Waals surface area contributed by atoms with Crippen molar-refractivity contribution in [2.75, 3.05) is 20.1 Å². The van der Waals surface area contributed by atoms with E-state index >= 15 is 0 Å². The van der Waals surface area contributed by atoms with E-state index in [1.165, 1.54) is 5.56 Å². The summed E-state index contributed by atoms with van der Waals surface area (Å²) in [5.41, 5.74) is 3.00. The SMILES string of the molecule is CN1CCN2C(=O)c3cccnc3CC12c1ccc(Cl)cn1.Cc1cccnc1. The smallest absolute Gasteiger partial charge is 0.257 e. The van der Waals surface area contributed by atoms with Gasteiger partial charge in [-0.2, -0.15) is 0 Å². The highest BCUT2D eigenvalue weighted by molar-refractivity contribution is 6.30. The van der Waals surface area contributed by atoms with Gasteiger partial charge in [-0.1, -0.05) is 17.7 Å². The number of hydrogen-bond donors (Lipinski definition) is 0. The maximum atomic E-state index is 12.9. The molecule has 2 aliphatic heterocycles. The van der Waals surface area contributed by atoms with Gasteiger partial charge in [0.2, 0.25) is 0 Å². The minimum absolute atomic E-state index is 0.0236. The van der Waals surface area contributed by atoms with Crippen molar-refractivity contribution in [3.05, 3.63) is 88.7 Å². The first-order chi connectivity index (χ1) is 14.0. The summed E-state index contributed by atoms with van der Waals surface area (Å²) in [4.78, 5) is 29.8. The third kappa shape index (κ3) is 3.50. The fraction of sp³-hybridized carbons (Fsp3) is 0.273. The third-order valence-electron chi connectivity index (χ3n) is 5.46. The molecule has 1 fully saturated rings.